The molecule has 3 aromatic heterocycles. The number of aliphatic carboxylic acids is 1. The monoisotopic (exact) mass is 766 g/mol. The summed E-state index contributed by atoms with van der Waals surface area (Å²) in [5, 5.41) is 21.7. The summed E-state index contributed by atoms with van der Waals surface area (Å²) in [6, 6.07) is 27.1. The highest BCUT2D eigenvalue weighted by atomic mass is 16.5. The van der Waals surface area contributed by atoms with Gasteiger partial charge in [-0.05, 0) is 72.4 Å². The Bertz CT molecular complexity index is 2510. The van der Waals surface area contributed by atoms with E-state index in [0.717, 1.165) is 62.2 Å². The number of carbonyl (C=O) groups excluding carboxylic acids is 3. The van der Waals surface area contributed by atoms with E-state index in [9.17, 15) is 24.3 Å². The van der Waals surface area contributed by atoms with E-state index in [-0.39, 0.29) is 36.8 Å². The molecule has 0 bridgehead atoms. The summed E-state index contributed by atoms with van der Waals surface area (Å²) in [5.41, 5.74) is 6.53. The van der Waals surface area contributed by atoms with Gasteiger partial charge in [0, 0.05) is 89.1 Å². The fourth-order valence-electron chi connectivity index (χ4n) is 7.16. The molecular formula is C45H46N6O6. The SMILES string of the molecule is O=C(CCc1c[nH]c2ccccc12)NCCCCCC(=O)Nc1ccc(C(=O)N[C@@H](Cc2c[nH]c3ccccc23)C(=O)O)cc1OCCc1c[nH]c2ccccc12. The average Bonchev–Trinajstić information content (AvgIpc) is 3.96. The molecule has 7 aromatic rings. The Hall–Kier alpha value is -6.82. The quantitative estimate of drug-likeness (QED) is 0.0421. The second-order valence-electron chi connectivity index (χ2n) is 14.2. The number of aromatic nitrogens is 3. The van der Waals surface area contributed by atoms with Gasteiger partial charge in [-0.2, -0.15) is 0 Å². The Kier molecular flexibility index (Phi) is 12.3. The van der Waals surface area contributed by atoms with Crippen LogP contribution in [0.4, 0.5) is 5.69 Å². The second-order valence-corrected chi connectivity index (χ2v) is 14.2. The number of anilines is 1. The van der Waals surface area contributed by atoms with Gasteiger partial charge in [0.25, 0.3) is 5.91 Å². The van der Waals surface area contributed by atoms with Gasteiger partial charge in [-0.15, -0.1) is 0 Å². The average molecular weight is 767 g/mol. The number of carboxylic acids is 1. The minimum absolute atomic E-state index is 0.000128. The summed E-state index contributed by atoms with van der Waals surface area (Å²) >= 11 is 0. The normalized spacial score (nSPS) is 11.8. The number of nitrogens with one attached hydrogen (secondary N) is 6. The van der Waals surface area contributed by atoms with E-state index in [0.29, 0.717) is 43.7 Å². The van der Waals surface area contributed by atoms with Crippen molar-refractivity contribution in [2.45, 2.75) is 57.4 Å². The summed E-state index contributed by atoms with van der Waals surface area (Å²) in [5.74, 6) is -1.64. The number of hydrogen-bond donors (Lipinski definition) is 7. The van der Waals surface area contributed by atoms with Crippen LogP contribution in [0.1, 0.15) is 59.2 Å². The number of aryl methyl sites for hydroxylation is 1. The first-order chi connectivity index (χ1) is 27.8. The van der Waals surface area contributed by atoms with Crippen LogP contribution in [-0.2, 0) is 33.6 Å². The number of rotatable bonds is 19. The summed E-state index contributed by atoms with van der Waals surface area (Å²) in [7, 11) is 0. The van der Waals surface area contributed by atoms with Crippen LogP contribution < -0.4 is 20.7 Å². The number of carbonyl (C=O) groups is 4. The third-order valence-electron chi connectivity index (χ3n) is 10.2. The number of hydrogen-bond acceptors (Lipinski definition) is 5. The standard InChI is InChI=1S/C45H46N6O6/c52-42(20-18-30-26-47-36-13-6-3-10-33(30)36)46-22-9-1-2-16-43(53)50-39-19-17-29(25-41(39)57-23-21-31-27-48-37-14-7-4-11-34(31)37)44(54)51-40(45(55)56)24-32-28-49-38-15-8-5-12-35(32)38/h3-8,10-15,17,19,25-28,40,47-49H,1-2,9,16,18,20-24H2,(H,46,52)(H,50,53)(H,51,54)(H,55,56)/t40-/m0/s1. The van der Waals surface area contributed by atoms with Gasteiger partial charge < -0.3 is 40.7 Å². The Morgan fingerprint density at radius 3 is 1.89 bits per heavy atom. The van der Waals surface area contributed by atoms with Crippen LogP contribution in [0, 0.1) is 0 Å². The van der Waals surface area contributed by atoms with Gasteiger partial charge in [-0.1, -0.05) is 61.0 Å². The molecule has 0 fully saturated rings. The van der Waals surface area contributed by atoms with Crippen molar-refractivity contribution in [3.05, 3.63) is 132 Å². The number of H-pyrrole nitrogens is 3. The zero-order valence-corrected chi connectivity index (χ0v) is 31.5. The van der Waals surface area contributed by atoms with Crippen LogP contribution in [0.3, 0.4) is 0 Å². The molecule has 292 valence electrons. The molecule has 0 saturated heterocycles. The molecule has 7 N–H and O–H groups in total. The van der Waals surface area contributed by atoms with E-state index < -0.39 is 17.9 Å². The lowest BCUT2D eigenvalue weighted by atomic mass is 10.0. The highest BCUT2D eigenvalue weighted by molar-refractivity contribution is 5.99. The highest BCUT2D eigenvalue weighted by Crippen LogP contribution is 2.28. The maximum absolute atomic E-state index is 13.5. The number of amides is 3. The molecule has 0 spiro atoms. The zero-order chi connectivity index (χ0) is 39.6. The maximum atomic E-state index is 13.5. The fourth-order valence-corrected chi connectivity index (χ4v) is 7.16. The molecule has 0 aliphatic rings. The van der Waals surface area contributed by atoms with Gasteiger partial charge >= 0.3 is 5.97 Å². The van der Waals surface area contributed by atoms with Crippen molar-refractivity contribution in [3.63, 3.8) is 0 Å². The van der Waals surface area contributed by atoms with Crippen molar-refractivity contribution in [1.82, 2.24) is 25.6 Å². The second kappa shape index (κ2) is 18.2. The Balaban J connectivity index is 0.929. The molecule has 57 heavy (non-hydrogen) atoms. The van der Waals surface area contributed by atoms with Gasteiger partial charge in [-0.25, -0.2) is 4.79 Å². The Morgan fingerprint density at radius 1 is 0.649 bits per heavy atom. The van der Waals surface area contributed by atoms with Crippen molar-refractivity contribution >= 4 is 62.1 Å². The summed E-state index contributed by atoms with van der Waals surface area (Å²) in [4.78, 5) is 61.0. The number of carboxylic acid groups (broad SMARTS) is 1. The van der Waals surface area contributed by atoms with E-state index in [2.05, 4.69) is 37.0 Å². The number of ether oxygens (including phenoxy) is 1. The molecular weight excluding hydrogens is 721 g/mol. The minimum atomic E-state index is -1.18. The Morgan fingerprint density at radius 2 is 1.25 bits per heavy atom. The third-order valence-corrected chi connectivity index (χ3v) is 10.2. The molecule has 0 aliphatic carbocycles. The predicted octanol–water partition coefficient (Wildman–Crippen LogP) is 7.43. The lowest BCUT2D eigenvalue weighted by molar-refractivity contribution is -0.139. The maximum Gasteiger partial charge on any atom is 0.326 e. The van der Waals surface area contributed by atoms with Crippen molar-refractivity contribution in [2.75, 3.05) is 18.5 Å². The van der Waals surface area contributed by atoms with Gasteiger partial charge in [-0.3, -0.25) is 14.4 Å². The van der Waals surface area contributed by atoms with Gasteiger partial charge in [0.1, 0.15) is 11.8 Å². The fraction of sp³-hybridized carbons (Fsp3) is 0.244. The predicted molar refractivity (Wildman–Crippen MR) is 222 cm³/mol. The summed E-state index contributed by atoms with van der Waals surface area (Å²) in [6.45, 7) is 0.804. The highest BCUT2D eigenvalue weighted by Gasteiger charge is 2.23. The first kappa shape index (κ1) is 38.5. The topological polar surface area (TPSA) is 181 Å². The molecule has 0 radical (unpaired) electrons. The number of para-hydroxylation sites is 3. The first-order valence-electron chi connectivity index (χ1n) is 19.3. The molecule has 12 nitrogen and oxygen atoms in total. The van der Waals surface area contributed by atoms with E-state index in [1.165, 1.54) is 6.07 Å². The van der Waals surface area contributed by atoms with Crippen LogP contribution in [0.2, 0.25) is 0 Å². The third kappa shape index (κ3) is 9.71. The lowest BCUT2D eigenvalue weighted by Gasteiger charge is -2.17. The minimum Gasteiger partial charge on any atom is -0.491 e. The van der Waals surface area contributed by atoms with Crippen molar-refractivity contribution in [2.24, 2.45) is 0 Å². The molecule has 12 heteroatoms. The molecule has 4 aromatic carbocycles. The molecule has 7 rings (SSSR count). The van der Waals surface area contributed by atoms with Crippen LogP contribution in [0.25, 0.3) is 32.7 Å². The van der Waals surface area contributed by atoms with Crippen molar-refractivity contribution < 1.29 is 29.0 Å². The van der Waals surface area contributed by atoms with E-state index in [4.69, 9.17) is 4.74 Å². The Labute approximate surface area is 329 Å². The molecule has 0 unspecified atom stereocenters. The summed E-state index contributed by atoms with van der Waals surface area (Å²) in [6.07, 6.45) is 9.77. The van der Waals surface area contributed by atoms with Gasteiger partial charge in [0.05, 0.1) is 12.3 Å². The number of unbranched alkanes of at least 4 members (excludes halogenated alkanes) is 2. The van der Waals surface area contributed by atoms with Crippen molar-refractivity contribution in [3.8, 4) is 5.75 Å². The number of benzene rings is 4. The number of fused-ring (bicyclic) bond motifs is 3. The van der Waals surface area contributed by atoms with Crippen LogP contribution in [-0.4, -0.2) is 62.9 Å². The number of aromatic amines is 3. The van der Waals surface area contributed by atoms with Crippen LogP contribution in [0.5, 0.6) is 5.75 Å². The first-order valence-corrected chi connectivity index (χ1v) is 19.3. The molecule has 3 amide bonds. The lowest BCUT2D eigenvalue weighted by Crippen LogP contribution is -2.42. The summed E-state index contributed by atoms with van der Waals surface area (Å²) < 4.78 is 6.21. The van der Waals surface area contributed by atoms with Crippen molar-refractivity contribution in [1.29, 1.82) is 0 Å². The van der Waals surface area contributed by atoms with E-state index >= 15 is 0 Å². The van der Waals surface area contributed by atoms with Crippen LogP contribution in [0.15, 0.2) is 110 Å². The molecule has 0 aliphatic heterocycles. The molecule has 0 saturated carbocycles. The van der Waals surface area contributed by atoms with Crippen LogP contribution >= 0.6 is 0 Å². The molecule has 1 atom stereocenters. The smallest absolute Gasteiger partial charge is 0.326 e. The van der Waals surface area contributed by atoms with E-state index in [1.54, 1.807) is 18.3 Å². The van der Waals surface area contributed by atoms with Gasteiger partial charge in [0.2, 0.25) is 11.8 Å². The molecule has 3 heterocycles. The van der Waals surface area contributed by atoms with E-state index in [1.807, 2.05) is 79.1 Å². The zero-order valence-electron chi connectivity index (χ0n) is 31.5. The van der Waals surface area contributed by atoms with Gasteiger partial charge in [0.15, 0.2) is 0 Å². The largest absolute Gasteiger partial charge is 0.491 e.